The summed E-state index contributed by atoms with van der Waals surface area (Å²) in [5.41, 5.74) is 0. The summed E-state index contributed by atoms with van der Waals surface area (Å²) in [6.45, 7) is 9.17. The quantitative estimate of drug-likeness (QED) is 0.169. The lowest BCUT2D eigenvalue weighted by molar-refractivity contribution is 0.618. The van der Waals surface area contributed by atoms with E-state index in [9.17, 15) is 0 Å². The first-order valence-electron chi connectivity index (χ1n) is 11.8. The molecule has 0 fully saturated rings. The van der Waals surface area contributed by atoms with Gasteiger partial charge in [-0.3, -0.25) is 0 Å². The van der Waals surface area contributed by atoms with Gasteiger partial charge in [-0.05, 0) is 0 Å². The van der Waals surface area contributed by atoms with E-state index in [1.54, 1.807) is 26.5 Å². The van der Waals surface area contributed by atoms with Crippen LogP contribution in [-0.2, 0) is 0 Å². The van der Waals surface area contributed by atoms with Crippen LogP contribution in [0.3, 0.4) is 0 Å². The van der Waals surface area contributed by atoms with E-state index in [1.807, 2.05) is 0 Å². The SMILES string of the molecule is CCCCCCC[CH2][Mg][CH2]CCCCCCC.CCC[CH2][Mg][CH2]C. The second-order valence-corrected chi connectivity index (χ2v) is 12.2. The fraction of sp³-hybridized carbons (Fsp3) is 1.00. The Morgan fingerprint density at radius 2 is 0.750 bits per heavy atom. The minimum Gasteiger partial charge on any atom is -0.149 e. The summed E-state index contributed by atoms with van der Waals surface area (Å²) in [4.78, 5) is 0. The number of unbranched alkanes of at least 4 members (excludes halogenated alkanes) is 11. The molecular weight excluding hydrogens is 313 g/mol. The van der Waals surface area contributed by atoms with E-state index in [-0.39, 0.29) is 0 Å². The van der Waals surface area contributed by atoms with Gasteiger partial charge in [0.2, 0.25) is 0 Å². The maximum Gasteiger partial charge on any atom is 0.364 e. The highest BCUT2D eigenvalue weighted by Gasteiger charge is 1.96. The van der Waals surface area contributed by atoms with Gasteiger partial charge in [0, 0.05) is 0 Å². The van der Waals surface area contributed by atoms with Crippen LogP contribution < -0.4 is 0 Å². The average molecular weight is 361 g/mol. The highest BCUT2D eigenvalue weighted by molar-refractivity contribution is 6.35. The fourth-order valence-corrected chi connectivity index (χ4v) is 6.24. The smallest absolute Gasteiger partial charge is 0.149 e. The molecule has 0 nitrogen and oxygen atoms in total. The Bertz CT molecular complexity index is 165. The number of hydrogen-bond donors (Lipinski definition) is 0. The molecule has 0 aliphatic heterocycles. The van der Waals surface area contributed by atoms with Crippen molar-refractivity contribution in [3.05, 3.63) is 0 Å². The Morgan fingerprint density at radius 1 is 0.375 bits per heavy atom. The molecule has 0 N–H and O–H groups in total. The standard InChI is InChI=1S/2C8H17.C4H9.C2H5.2Mg/c2*1-3-5-7-8-6-4-2;1-3-4-2;1-2;;/h2*1,3-8H2,2H3;1,3-4H2,2H3;1H2,2H3;;. The number of hydrogen-bond acceptors (Lipinski definition) is 0. The molecule has 0 heterocycles. The lowest BCUT2D eigenvalue weighted by atomic mass is 10.1. The molecule has 0 atom stereocenters. The zero-order chi connectivity index (χ0) is 18.1. The molecule has 0 unspecified atom stereocenters. The fourth-order valence-electron chi connectivity index (χ4n) is 3.12. The minimum absolute atomic E-state index is 0.332. The number of rotatable bonds is 18. The summed E-state index contributed by atoms with van der Waals surface area (Å²) in [5, 5.41) is 0. The first kappa shape index (κ1) is 27.7. The van der Waals surface area contributed by atoms with Crippen LogP contribution in [0.1, 0.15) is 118 Å². The summed E-state index contributed by atoms with van der Waals surface area (Å²) >= 11 is 0.743. The molecule has 0 bridgehead atoms. The van der Waals surface area contributed by atoms with Crippen LogP contribution in [0, 0.1) is 0 Å². The van der Waals surface area contributed by atoms with Gasteiger partial charge in [0.15, 0.2) is 0 Å². The summed E-state index contributed by atoms with van der Waals surface area (Å²) < 4.78 is 6.33. The normalized spacial score (nSPS) is 9.83. The van der Waals surface area contributed by atoms with Crippen LogP contribution in [0.5, 0.6) is 0 Å². The van der Waals surface area contributed by atoms with Gasteiger partial charge in [0.1, 0.15) is 0 Å². The minimum atomic E-state index is 0.332. The molecule has 0 aromatic heterocycles. The Labute approximate surface area is 175 Å². The lowest BCUT2D eigenvalue weighted by Gasteiger charge is -2.01. The maximum absolute atomic E-state index is 2.31. The van der Waals surface area contributed by atoms with Gasteiger partial charge in [-0.2, -0.15) is 0 Å². The maximum atomic E-state index is 2.31. The molecule has 0 aliphatic carbocycles. The highest BCUT2D eigenvalue weighted by atomic mass is 24.5. The zero-order valence-corrected chi connectivity index (χ0v) is 21.0. The molecule has 2 heteroatoms. The van der Waals surface area contributed by atoms with Crippen LogP contribution in [0.25, 0.3) is 0 Å². The van der Waals surface area contributed by atoms with Crippen molar-refractivity contribution in [2.45, 2.75) is 136 Å². The predicted molar refractivity (Wildman–Crippen MR) is 118 cm³/mol. The van der Waals surface area contributed by atoms with E-state index in [4.69, 9.17) is 0 Å². The van der Waals surface area contributed by atoms with Crippen molar-refractivity contribution >= 4 is 40.7 Å². The molecular formula is C22H48Mg2. The van der Waals surface area contributed by atoms with Gasteiger partial charge < -0.3 is 0 Å². The van der Waals surface area contributed by atoms with Gasteiger partial charge in [0.05, 0.1) is 0 Å². The molecule has 0 saturated heterocycles. The van der Waals surface area contributed by atoms with Crippen molar-refractivity contribution in [1.82, 2.24) is 0 Å². The molecule has 0 rings (SSSR count). The third kappa shape index (κ3) is 31.3. The first-order chi connectivity index (χ1) is 11.8. The van der Waals surface area contributed by atoms with Crippen molar-refractivity contribution < 1.29 is 0 Å². The highest BCUT2D eigenvalue weighted by Crippen LogP contribution is 2.10. The molecule has 140 valence electrons. The van der Waals surface area contributed by atoms with Gasteiger partial charge in [-0.1, -0.05) is 118 Å². The molecule has 0 radical (unpaired) electrons. The van der Waals surface area contributed by atoms with E-state index in [0.29, 0.717) is 40.7 Å². The van der Waals surface area contributed by atoms with Crippen molar-refractivity contribution in [2.24, 2.45) is 0 Å². The summed E-state index contributed by atoms with van der Waals surface area (Å²) in [6.07, 6.45) is 20.6. The van der Waals surface area contributed by atoms with Crippen LogP contribution in [0.2, 0.25) is 18.2 Å². The second kappa shape index (κ2) is 29.3. The van der Waals surface area contributed by atoms with E-state index < -0.39 is 0 Å². The van der Waals surface area contributed by atoms with Crippen molar-refractivity contribution in [3.8, 4) is 0 Å². The summed E-state index contributed by atoms with van der Waals surface area (Å²) in [7, 11) is 0. The Kier molecular flexibility index (Phi) is 33.9. The van der Waals surface area contributed by atoms with Gasteiger partial charge in [-0.15, -0.1) is 18.2 Å². The molecule has 0 amide bonds. The molecule has 24 heavy (non-hydrogen) atoms. The van der Waals surface area contributed by atoms with Crippen LogP contribution in [-0.4, -0.2) is 40.7 Å². The molecule has 0 spiro atoms. The van der Waals surface area contributed by atoms with Gasteiger partial charge in [-0.25, -0.2) is 0 Å². The van der Waals surface area contributed by atoms with Crippen molar-refractivity contribution in [3.63, 3.8) is 0 Å². The monoisotopic (exact) mass is 360 g/mol. The van der Waals surface area contributed by atoms with Crippen molar-refractivity contribution in [1.29, 1.82) is 0 Å². The first-order valence-corrected chi connectivity index (χ1v) is 15.8. The topological polar surface area (TPSA) is 0 Å². The Balaban J connectivity index is 0. The zero-order valence-electron chi connectivity index (χ0n) is 18.1. The average Bonchev–Trinajstić information content (AvgIpc) is 2.60. The van der Waals surface area contributed by atoms with Crippen molar-refractivity contribution in [2.75, 3.05) is 0 Å². The predicted octanol–water partition coefficient (Wildman–Crippen LogP) is 8.60. The third-order valence-corrected chi connectivity index (χ3v) is 8.62. The second-order valence-electron chi connectivity index (χ2n) is 7.66. The van der Waals surface area contributed by atoms with E-state index >= 15 is 0 Å². The van der Waals surface area contributed by atoms with Crippen LogP contribution in [0.4, 0.5) is 0 Å². The lowest BCUT2D eigenvalue weighted by Crippen LogP contribution is -1.90. The summed E-state index contributed by atoms with van der Waals surface area (Å²) in [6, 6.07) is 0. The largest absolute Gasteiger partial charge is 0.364 e. The van der Waals surface area contributed by atoms with E-state index in [1.165, 1.54) is 81.6 Å². The molecule has 0 aromatic carbocycles. The van der Waals surface area contributed by atoms with Gasteiger partial charge in [0.25, 0.3) is 0 Å². The van der Waals surface area contributed by atoms with E-state index in [0.717, 1.165) is 0 Å². The molecule has 0 saturated carbocycles. The Hall–Kier alpha value is 1.53. The van der Waals surface area contributed by atoms with Gasteiger partial charge >= 0.3 is 40.7 Å². The summed E-state index contributed by atoms with van der Waals surface area (Å²) in [5.74, 6) is 0. The third-order valence-electron chi connectivity index (χ3n) is 4.91. The van der Waals surface area contributed by atoms with Crippen LogP contribution in [0.15, 0.2) is 0 Å². The van der Waals surface area contributed by atoms with Crippen LogP contribution >= 0.6 is 0 Å². The molecule has 0 aromatic rings. The Morgan fingerprint density at radius 3 is 1.17 bits per heavy atom. The van der Waals surface area contributed by atoms with E-state index in [2.05, 4.69) is 27.7 Å². The molecule has 0 aliphatic rings.